The molecule has 0 aliphatic heterocycles. The van der Waals surface area contributed by atoms with Crippen molar-refractivity contribution >= 4 is 34.7 Å². The highest BCUT2D eigenvalue weighted by Gasteiger charge is 2.15. The van der Waals surface area contributed by atoms with E-state index in [4.69, 9.17) is 11.6 Å². The van der Waals surface area contributed by atoms with Gasteiger partial charge in [-0.15, -0.1) is 11.3 Å². The number of aromatic nitrogens is 2. The van der Waals surface area contributed by atoms with E-state index in [0.717, 1.165) is 23.5 Å². The van der Waals surface area contributed by atoms with Gasteiger partial charge >= 0.3 is 0 Å². The van der Waals surface area contributed by atoms with Gasteiger partial charge in [-0.3, -0.25) is 0 Å². The fourth-order valence-corrected chi connectivity index (χ4v) is 3.39. The molecule has 0 N–H and O–H groups in total. The minimum absolute atomic E-state index is 0.236. The normalized spacial score (nSPS) is 10.4. The average Bonchev–Trinajstić information content (AvgIpc) is 2.92. The summed E-state index contributed by atoms with van der Waals surface area (Å²) in [7, 11) is 0. The molecule has 0 aliphatic carbocycles. The van der Waals surface area contributed by atoms with E-state index in [9.17, 15) is 5.26 Å². The molecule has 0 saturated heterocycles. The molecule has 0 radical (unpaired) electrons. The smallest absolute Gasteiger partial charge is 0.189 e. The lowest BCUT2D eigenvalue weighted by atomic mass is 10.2. The third kappa shape index (κ3) is 3.47. The predicted octanol–water partition coefficient (Wildman–Crippen LogP) is 4.62. The number of hydrogen-bond acceptors (Lipinski definition) is 5. The van der Waals surface area contributed by atoms with Gasteiger partial charge in [-0.25, -0.2) is 9.97 Å². The summed E-state index contributed by atoms with van der Waals surface area (Å²) in [6, 6.07) is 5.95. The highest BCUT2D eigenvalue weighted by molar-refractivity contribution is 7.99. The maximum absolute atomic E-state index is 9.19. The molecule has 0 fully saturated rings. The van der Waals surface area contributed by atoms with E-state index in [2.05, 4.69) is 23.0 Å². The van der Waals surface area contributed by atoms with Crippen LogP contribution in [0.25, 0.3) is 10.6 Å². The molecule has 2 heterocycles. The molecule has 98 valence electrons. The van der Waals surface area contributed by atoms with Gasteiger partial charge in [-0.2, -0.15) is 5.26 Å². The maximum Gasteiger partial charge on any atom is 0.189 e. The van der Waals surface area contributed by atoms with E-state index in [1.165, 1.54) is 0 Å². The van der Waals surface area contributed by atoms with Crippen molar-refractivity contribution in [3.05, 3.63) is 28.2 Å². The van der Waals surface area contributed by atoms with Crippen LogP contribution in [-0.4, -0.2) is 15.7 Å². The molecule has 2 aromatic rings. The predicted molar refractivity (Wildman–Crippen MR) is 80.7 cm³/mol. The lowest BCUT2D eigenvalue weighted by molar-refractivity contribution is 0.888. The number of halogens is 1. The van der Waals surface area contributed by atoms with Crippen molar-refractivity contribution in [3.8, 4) is 16.6 Å². The second-order valence-corrected chi connectivity index (χ2v) is 6.18. The van der Waals surface area contributed by atoms with Crippen molar-refractivity contribution in [2.45, 2.75) is 24.9 Å². The van der Waals surface area contributed by atoms with Crippen LogP contribution in [0.2, 0.25) is 5.15 Å². The van der Waals surface area contributed by atoms with Crippen LogP contribution >= 0.6 is 34.7 Å². The zero-order valence-corrected chi connectivity index (χ0v) is 12.8. The molecule has 2 aromatic heterocycles. The van der Waals surface area contributed by atoms with E-state index in [-0.39, 0.29) is 5.15 Å². The van der Waals surface area contributed by atoms with Gasteiger partial charge in [-0.05, 0) is 17.9 Å². The van der Waals surface area contributed by atoms with Gasteiger partial charge in [0.05, 0.1) is 4.88 Å². The fraction of sp³-hybridized carbons (Fsp3) is 0.308. The number of nitriles is 1. The van der Waals surface area contributed by atoms with Crippen LogP contribution in [0, 0.1) is 11.3 Å². The third-order valence-corrected chi connectivity index (χ3v) is 4.52. The Labute approximate surface area is 125 Å². The van der Waals surface area contributed by atoms with Crippen molar-refractivity contribution in [3.63, 3.8) is 0 Å². The first-order valence-electron chi connectivity index (χ1n) is 5.90. The zero-order chi connectivity index (χ0) is 13.7. The zero-order valence-electron chi connectivity index (χ0n) is 10.4. The molecule has 2 rings (SSSR count). The number of rotatable bonds is 5. The number of thioether (sulfide) groups is 1. The molecule has 19 heavy (non-hydrogen) atoms. The molecule has 0 amide bonds. The molecule has 6 heteroatoms. The lowest BCUT2D eigenvalue weighted by Crippen LogP contribution is -1.96. The number of nitrogens with zero attached hydrogens (tertiary/aromatic N) is 3. The van der Waals surface area contributed by atoms with Crippen molar-refractivity contribution in [2.24, 2.45) is 0 Å². The van der Waals surface area contributed by atoms with Crippen LogP contribution in [0.15, 0.2) is 22.7 Å². The number of hydrogen-bond donors (Lipinski definition) is 0. The summed E-state index contributed by atoms with van der Waals surface area (Å²) in [5.41, 5.74) is 0.987. The van der Waals surface area contributed by atoms with Gasteiger partial charge in [0.15, 0.2) is 10.3 Å². The first kappa shape index (κ1) is 14.3. The van der Waals surface area contributed by atoms with Crippen LogP contribution in [-0.2, 0) is 0 Å². The van der Waals surface area contributed by atoms with Gasteiger partial charge in [-0.1, -0.05) is 42.8 Å². The molecular formula is C13H12ClN3S2. The Morgan fingerprint density at radius 2 is 2.32 bits per heavy atom. The Morgan fingerprint density at radius 3 is 2.95 bits per heavy atom. The molecule has 0 aromatic carbocycles. The highest BCUT2D eigenvalue weighted by Crippen LogP contribution is 2.31. The maximum atomic E-state index is 9.19. The molecule has 0 aliphatic rings. The molecule has 3 nitrogen and oxygen atoms in total. The van der Waals surface area contributed by atoms with E-state index in [1.54, 1.807) is 23.1 Å². The number of thiophene rings is 1. The third-order valence-electron chi connectivity index (χ3n) is 2.44. The van der Waals surface area contributed by atoms with Crippen molar-refractivity contribution in [1.82, 2.24) is 9.97 Å². The Balaban J connectivity index is 2.37. The molecule has 0 atom stereocenters. The Morgan fingerprint density at radius 1 is 1.47 bits per heavy atom. The molecule has 0 saturated carbocycles. The number of unbranched alkanes of at least 4 members (excludes halogenated alkanes) is 1. The van der Waals surface area contributed by atoms with Crippen LogP contribution in [0.1, 0.15) is 25.3 Å². The summed E-state index contributed by atoms with van der Waals surface area (Å²) in [5, 5.41) is 12.0. The summed E-state index contributed by atoms with van der Waals surface area (Å²) in [6.45, 7) is 2.14. The summed E-state index contributed by atoms with van der Waals surface area (Å²) in [4.78, 5) is 9.60. The quantitative estimate of drug-likeness (QED) is 0.350. The largest absolute Gasteiger partial charge is 0.220 e. The summed E-state index contributed by atoms with van der Waals surface area (Å²) in [6.07, 6.45) is 2.24. The van der Waals surface area contributed by atoms with Gasteiger partial charge in [0.2, 0.25) is 0 Å². The molecule has 0 spiro atoms. The van der Waals surface area contributed by atoms with Gasteiger partial charge in [0.1, 0.15) is 17.3 Å². The fourth-order valence-electron chi connectivity index (χ4n) is 1.48. The average molecular weight is 310 g/mol. The van der Waals surface area contributed by atoms with Gasteiger partial charge < -0.3 is 0 Å². The van der Waals surface area contributed by atoms with Crippen molar-refractivity contribution < 1.29 is 0 Å². The van der Waals surface area contributed by atoms with E-state index < -0.39 is 0 Å². The van der Waals surface area contributed by atoms with Gasteiger partial charge in [0.25, 0.3) is 0 Å². The summed E-state index contributed by atoms with van der Waals surface area (Å²) in [5.74, 6) is 0.961. The minimum atomic E-state index is 0.236. The first-order chi connectivity index (χ1) is 9.26. The highest BCUT2D eigenvalue weighted by atomic mass is 35.5. The standard InChI is InChI=1S/C13H12ClN3S2/c1-2-3-6-19-13-16-11(10-5-4-7-18-10)9(8-15)12(14)17-13/h4-5,7H,2-3,6H2,1H3. The van der Waals surface area contributed by atoms with Gasteiger partial charge in [0, 0.05) is 5.75 Å². The van der Waals surface area contributed by atoms with Crippen LogP contribution in [0.3, 0.4) is 0 Å². The molecular weight excluding hydrogens is 298 g/mol. The second kappa shape index (κ2) is 6.90. The molecule has 0 bridgehead atoms. The van der Waals surface area contributed by atoms with Crippen LogP contribution in [0.4, 0.5) is 0 Å². The van der Waals surface area contributed by atoms with E-state index in [1.807, 2.05) is 17.5 Å². The van der Waals surface area contributed by atoms with Crippen molar-refractivity contribution in [1.29, 1.82) is 5.26 Å². The Bertz CT molecular complexity index is 591. The van der Waals surface area contributed by atoms with E-state index >= 15 is 0 Å². The summed E-state index contributed by atoms with van der Waals surface area (Å²) >= 11 is 9.20. The topological polar surface area (TPSA) is 49.6 Å². The van der Waals surface area contributed by atoms with Crippen LogP contribution in [0.5, 0.6) is 0 Å². The van der Waals surface area contributed by atoms with Crippen LogP contribution < -0.4 is 0 Å². The van der Waals surface area contributed by atoms with E-state index in [0.29, 0.717) is 16.4 Å². The second-order valence-electron chi connectivity index (χ2n) is 3.81. The SMILES string of the molecule is CCCCSc1nc(Cl)c(C#N)c(-c2cccs2)n1. The van der Waals surface area contributed by atoms with Crippen molar-refractivity contribution in [2.75, 3.05) is 5.75 Å². The first-order valence-corrected chi connectivity index (χ1v) is 8.15. The summed E-state index contributed by atoms with van der Waals surface area (Å²) < 4.78 is 0. The lowest BCUT2D eigenvalue weighted by Gasteiger charge is -2.05. The minimum Gasteiger partial charge on any atom is -0.220 e. The Kier molecular flexibility index (Phi) is 5.20. The Hall–Kier alpha value is -1.09. The monoisotopic (exact) mass is 309 g/mol. The molecule has 0 unspecified atom stereocenters.